The van der Waals surface area contributed by atoms with E-state index in [0.717, 1.165) is 16.8 Å². The first-order valence-electron chi connectivity index (χ1n) is 10.1. The first kappa shape index (κ1) is 21.2. The van der Waals surface area contributed by atoms with E-state index >= 15 is 0 Å². The third-order valence-corrected chi connectivity index (χ3v) is 5.46. The Morgan fingerprint density at radius 3 is 2.47 bits per heavy atom. The van der Waals surface area contributed by atoms with Gasteiger partial charge in [-0.3, -0.25) is 4.79 Å². The van der Waals surface area contributed by atoms with E-state index in [0.29, 0.717) is 29.2 Å². The average Bonchev–Trinajstić information content (AvgIpc) is 2.84. The van der Waals surface area contributed by atoms with E-state index in [-0.39, 0.29) is 18.0 Å². The fourth-order valence-corrected chi connectivity index (χ4v) is 3.71. The third-order valence-electron chi connectivity index (χ3n) is 5.46. The minimum Gasteiger partial charge on any atom is -0.493 e. The van der Waals surface area contributed by atoms with E-state index in [9.17, 15) is 9.59 Å². The van der Waals surface area contributed by atoms with Crippen LogP contribution in [0.5, 0.6) is 11.5 Å². The molecule has 0 saturated carbocycles. The van der Waals surface area contributed by atoms with Crippen LogP contribution in [0.1, 0.15) is 38.0 Å². The van der Waals surface area contributed by atoms with Gasteiger partial charge in [-0.15, -0.1) is 0 Å². The summed E-state index contributed by atoms with van der Waals surface area (Å²) >= 11 is 0. The number of benzene rings is 3. The van der Waals surface area contributed by atoms with Crippen LogP contribution in [0.15, 0.2) is 66.7 Å². The van der Waals surface area contributed by atoms with Crippen molar-refractivity contribution in [3.8, 4) is 11.5 Å². The molecule has 3 aromatic rings. The fourth-order valence-electron chi connectivity index (χ4n) is 3.71. The highest BCUT2D eigenvalue weighted by atomic mass is 16.5. The summed E-state index contributed by atoms with van der Waals surface area (Å²) in [6.07, 6.45) is -0.328. The number of para-hydroxylation sites is 1. The van der Waals surface area contributed by atoms with Crippen molar-refractivity contribution in [3.05, 3.63) is 89.0 Å². The largest absolute Gasteiger partial charge is 0.493 e. The summed E-state index contributed by atoms with van der Waals surface area (Å²) in [6, 6.07) is 20.2. The van der Waals surface area contributed by atoms with Gasteiger partial charge in [0.2, 0.25) is 0 Å². The van der Waals surface area contributed by atoms with E-state index in [1.807, 2.05) is 66.5 Å². The lowest BCUT2D eigenvalue weighted by molar-refractivity contribution is 0.0600. The number of anilines is 1. The molecule has 1 atom stereocenters. The smallest absolute Gasteiger partial charge is 0.337 e. The zero-order valence-electron chi connectivity index (χ0n) is 18.1. The van der Waals surface area contributed by atoms with Crippen LogP contribution in [0.3, 0.4) is 0 Å². The van der Waals surface area contributed by atoms with Crippen LogP contribution in [0.2, 0.25) is 0 Å². The molecule has 0 fully saturated rings. The Bertz CT molecular complexity index is 1140. The maximum absolute atomic E-state index is 12.6. The lowest BCUT2D eigenvalue weighted by Crippen LogP contribution is -2.44. The molecular weight excluding hydrogens is 408 g/mol. The molecule has 0 saturated heterocycles. The van der Waals surface area contributed by atoms with Gasteiger partial charge in [0.15, 0.2) is 11.5 Å². The van der Waals surface area contributed by atoms with Crippen LogP contribution in [0.25, 0.3) is 0 Å². The minimum atomic E-state index is -0.378. The molecule has 0 radical (unpaired) electrons. The number of nitrogens with one attached hydrogen (secondary N) is 1. The molecule has 3 aromatic carbocycles. The molecule has 0 spiro atoms. The molecule has 1 aliphatic heterocycles. The lowest BCUT2D eigenvalue weighted by atomic mass is 10.0. The first-order chi connectivity index (χ1) is 15.5. The molecule has 1 aliphatic rings. The predicted octanol–water partition coefficient (Wildman–Crippen LogP) is 3.94. The number of carbonyl (C=O) groups excluding carboxylic acids is 2. The Kier molecular flexibility index (Phi) is 5.98. The Morgan fingerprint density at radius 2 is 1.75 bits per heavy atom. The molecule has 0 bridgehead atoms. The van der Waals surface area contributed by atoms with Crippen LogP contribution in [-0.4, -0.2) is 33.1 Å². The van der Waals surface area contributed by atoms with Crippen LogP contribution in [0, 0.1) is 0 Å². The van der Waals surface area contributed by atoms with E-state index in [1.165, 1.54) is 7.11 Å². The summed E-state index contributed by atoms with van der Waals surface area (Å²) in [5, 5.41) is 3.04. The van der Waals surface area contributed by atoms with Gasteiger partial charge in [-0.2, -0.15) is 0 Å². The van der Waals surface area contributed by atoms with E-state index < -0.39 is 0 Å². The third kappa shape index (κ3) is 4.09. The summed E-state index contributed by atoms with van der Waals surface area (Å²) in [7, 11) is 4.87. The van der Waals surface area contributed by atoms with E-state index in [4.69, 9.17) is 14.2 Å². The number of amides is 1. The molecule has 32 heavy (non-hydrogen) atoms. The number of ether oxygens (including phenoxy) is 3. The SMILES string of the molecule is COC(=O)c1ccc(COc2ccc([C@@H]3NC(=O)c4ccccc4N3C)cc2OC)cc1. The van der Waals surface area contributed by atoms with Gasteiger partial charge in [-0.25, -0.2) is 4.79 Å². The highest BCUT2D eigenvalue weighted by Gasteiger charge is 2.29. The van der Waals surface area contributed by atoms with Crippen molar-refractivity contribution in [3.63, 3.8) is 0 Å². The summed E-state index contributed by atoms with van der Waals surface area (Å²) < 4.78 is 16.2. The lowest BCUT2D eigenvalue weighted by Gasteiger charge is -2.36. The van der Waals surface area contributed by atoms with Gasteiger partial charge >= 0.3 is 5.97 Å². The molecular formula is C25H24N2O5. The summed E-state index contributed by atoms with van der Waals surface area (Å²) in [6.45, 7) is 0.310. The van der Waals surface area contributed by atoms with Crippen molar-refractivity contribution in [1.82, 2.24) is 5.32 Å². The highest BCUT2D eigenvalue weighted by Crippen LogP contribution is 2.36. The number of rotatable bonds is 6. The molecule has 164 valence electrons. The standard InChI is InChI=1S/C25H24N2O5/c1-27-20-7-5-4-6-19(20)24(28)26-23(27)18-12-13-21(22(14-18)30-2)32-15-16-8-10-17(11-9-16)25(29)31-3/h4-14,23H,15H2,1-3H3,(H,26,28)/t23-/m1/s1. The molecule has 7 nitrogen and oxygen atoms in total. The molecule has 4 rings (SSSR count). The van der Waals surface area contributed by atoms with Crippen molar-refractivity contribution in [2.24, 2.45) is 0 Å². The van der Waals surface area contributed by atoms with Gasteiger partial charge in [0.25, 0.3) is 5.91 Å². The number of esters is 1. The number of carbonyl (C=O) groups is 2. The van der Waals surface area contributed by atoms with Crippen molar-refractivity contribution in [2.75, 3.05) is 26.2 Å². The van der Waals surface area contributed by atoms with Gasteiger partial charge in [0, 0.05) is 7.05 Å². The second kappa shape index (κ2) is 9.01. The summed E-state index contributed by atoms with van der Waals surface area (Å²) in [5.74, 6) is 0.657. The Labute approximate surface area is 186 Å². The fraction of sp³-hybridized carbons (Fsp3) is 0.200. The van der Waals surface area contributed by atoms with Crippen molar-refractivity contribution in [2.45, 2.75) is 12.8 Å². The second-order valence-electron chi connectivity index (χ2n) is 7.39. The topological polar surface area (TPSA) is 77.1 Å². The van der Waals surface area contributed by atoms with Crippen molar-refractivity contribution in [1.29, 1.82) is 0 Å². The highest BCUT2D eigenvalue weighted by molar-refractivity contribution is 6.02. The average molecular weight is 432 g/mol. The minimum absolute atomic E-state index is 0.113. The maximum Gasteiger partial charge on any atom is 0.337 e. The molecule has 1 heterocycles. The van der Waals surface area contributed by atoms with Crippen molar-refractivity contribution >= 4 is 17.6 Å². The van der Waals surface area contributed by atoms with Gasteiger partial charge in [0.05, 0.1) is 31.0 Å². The first-order valence-corrected chi connectivity index (χ1v) is 10.1. The molecule has 1 N–H and O–H groups in total. The van der Waals surface area contributed by atoms with Crippen LogP contribution in [0.4, 0.5) is 5.69 Å². The molecule has 0 aliphatic carbocycles. The van der Waals surface area contributed by atoms with Gasteiger partial charge in [0.1, 0.15) is 12.8 Å². The van der Waals surface area contributed by atoms with Crippen LogP contribution in [-0.2, 0) is 11.3 Å². The van der Waals surface area contributed by atoms with E-state index in [2.05, 4.69) is 5.32 Å². The Morgan fingerprint density at radius 1 is 1.00 bits per heavy atom. The summed E-state index contributed by atoms with van der Waals surface area (Å²) in [5.41, 5.74) is 3.78. The monoisotopic (exact) mass is 432 g/mol. The van der Waals surface area contributed by atoms with E-state index in [1.54, 1.807) is 19.2 Å². The normalized spacial score (nSPS) is 14.9. The van der Waals surface area contributed by atoms with Gasteiger partial charge in [-0.05, 0) is 47.5 Å². The van der Waals surface area contributed by atoms with Crippen molar-refractivity contribution < 1.29 is 23.8 Å². The predicted molar refractivity (Wildman–Crippen MR) is 120 cm³/mol. The Balaban J connectivity index is 1.51. The Hall–Kier alpha value is -4.00. The zero-order chi connectivity index (χ0) is 22.7. The second-order valence-corrected chi connectivity index (χ2v) is 7.39. The van der Waals surface area contributed by atoms with Crippen LogP contribution < -0.4 is 19.7 Å². The molecule has 7 heteroatoms. The molecule has 0 aromatic heterocycles. The number of methoxy groups -OCH3 is 2. The quantitative estimate of drug-likeness (QED) is 0.595. The zero-order valence-corrected chi connectivity index (χ0v) is 18.1. The number of hydrogen-bond donors (Lipinski definition) is 1. The molecule has 0 unspecified atom stereocenters. The number of nitrogens with zero attached hydrogens (tertiary/aromatic N) is 1. The summed E-state index contributed by atoms with van der Waals surface area (Å²) in [4.78, 5) is 26.1. The molecule has 1 amide bonds. The maximum atomic E-state index is 12.6. The van der Waals surface area contributed by atoms with Crippen LogP contribution >= 0.6 is 0 Å². The van der Waals surface area contributed by atoms with Gasteiger partial charge < -0.3 is 24.4 Å². The number of hydrogen-bond acceptors (Lipinski definition) is 6. The van der Waals surface area contributed by atoms with Gasteiger partial charge in [-0.1, -0.05) is 30.3 Å². The number of fused-ring (bicyclic) bond motifs is 1.